The second-order valence-electron chi connectivity index (χ2n) is 7.49. The van der Waals surface area contributed by atoms with Crippen LogP contribution in [0.4, 0.5) is 4.39 Å². The number of piperidine rings is 1. The fraction of sp³-hybridized carbons (Fsp3) is 0.304. The SMILES string of the molecule is O=C(NCCc1ccccc1F)[C@H]1CCCN(C(=O)c2cc3ccccc3[nH]2)C1. The number of halogens is 1. The summed E-state index contributed by atoms with van der Waals surface area (Å²) in [4.78, 5) is 30.4. The quantitative estimate of drug-likeness (QED) is 0.697. The van der Waals surface area contributed by atoms with E-state index in [-0.39, 0.29) is 23.5 Å². The Morgan fingerprint density at radius 1 is 1.14 bits per heavy atom. The molecule has 1 atom stereocenters. The normalized spacial score (nSPS) is 16.7. The first-order chi connectivity index (χ1) is 14.1. The van der Waals surface area contributed by atoms with Crippen LogP contribution in [0.15, 0.2) is 54.6 Å². The van der Waals surface area contributed by atoms with E-state index in [0.29, 0.717) is 37.3 Å². The van der Waals surface area contributed by atoms with E-state index in [0.717, 1.165) is 23.7 Å². The van der Waals surface area contributed by atoms with Gasteiger partial charge < -0.3 is 15.2 Å². The minimum absolute atomic E-state index is 0.0736. The molecule has 4 rings (SSSR count). The van der Waals surface area contributed by atoms with Crippen LogP contribution in [0.5, 0.6) is 0 Å². The molecule has 150 valence electrons. The van der Waals surface area contributed by atoms with Crippen molar-refractivity contribution in [3.63, 3.8) is 0 Å². The molecule has 0 aliphatic carbocycles. The second-order valence-corrected chi connectivity index (χ2v) is 7.49. The molecule has 0 spiro atoms. The molecule has 0 unspecified atom stereocenters. The largest absolute Gasteiger partial charge is 0.355 e. The van der Waals surface area contributed by atoms with Gasteiger partial charge in [0.25, 0.3) is 5.91 Å². The maximum atomic E-state index is 13.7. The Labute approximate surface area is 168 Å². The summed E-state index contributed by atoms with van der Waals surface area (Å²) in [7, 11) is 0. The Morgan fingerprint density at radius 2 is 1.93 bits per heavy atom. The summed E-state index contributed by atoms with van der Waals surface area (Å²) >= 11 is 0. The number of benzene rings is 2. The molecule has 1 aliphatic heterocycles. The van der Waals surface area contributed by atoms with Crippen LogP contribution in [0.1, 0.15) is 28.9 Å². The lowest BCUT2D eigenvalue weighted by atomic mass is 9.96. The lowest BCUT2D eigenvalue weighted by Gasteiger charge is -2.31. The number of nitrogens with one attached hydrogen (secondary N) is 2. The number of aromatic nitrogens is 1. The van der Waals surface area contributed by atoms with E-state index in [1.807, 2.05) is 30.3 Å². The molecule has 3 aromatic rings. The zero-order valence-electron chi connectivity index (χ0n) is 16.2. The molecule has 2 amide bonds. The number of fused-ring (bicyclic) bond motifs is 1. The number of rotatable bonds is 5. The van der Waals surface area contributed by atoms with Crippen molar-refractivity contribution in [1.29, 1.82) is 0 Å². The Hall–Kier alpha value is -3.15. The number of hydrogen-bond donors (Lipinski definition) is 2. The molecule has 29 heavy (non-hydrogen) atoms. The predicted octanol–water partition coefficient (Wildman–Crippen LogP) is 3.52. The Balaban J connectivity index is 1.34. The molecule has 0 bridgehead atoms. The van der Waals surface area contributed by atoms with Crippen LogP contribution in [0.3, 0.4) is 0 Å². The molecule has 2 aromatic carbocycles. The van der Waals surface area contributed by atoms with Gasteiger partial charge in [-0.25, -0.2) is 4.39 Å². The summed E-state index contributed by atoms with van der Waals surface area (Å²) in [5.74, 6) is -0.646. The van der Waals surface area contributed by atoms with Crippen LogP contribution >= 0.6 is 0 Å². The number of para-hydroxylation sites is 1. The summed E-state index contributed by atoms with van der Waals surface area (Å²) < 4.78 is 13.7. The zero-order chi connectivity index (χ0) is 20.2. The number of nitrogens with zero attached hydrogens (tertiary/aromatic N) is 1. The number of amides is 2. The summed E-state index contributed by atoms with van der Waals surface area (Å²) in [6.07, 6.45) is 1.99. The van der Waals surface area contributed by atoms with Crippen molar-refractivity contribution in [3.05, 3.63) is 71.7 Å². The van der Waals surface area contributed by atoms with Gasteiger partial charge in [-0.05, 0) is 43.0 Å². The van der Waals surface area contributed by atoms with Crippen LogP contribution < -0.4 is 5.32 Å². The standard InChI is InChI=1S/C23H24FN3O2/c24-19-9-3-1-6-16(19)11-12-25-22(28)18-8-5-13-27(15-18)23(29)21-14-17-7-2-4-10-20(17)26-21/h1-4,6-7,9-10,14,18,26H,5,8,11-13,15H2,(H,25,28)/t18-/m0/s1. The Bertz CT molecular complexity index is 997. The first-order valence-corrected chi connectivity index (χ1v) is 10.00. The van der Waals surface area contributed by atoms with Crippen LogP contribution in [0.25, 0.3) is 10.9 Å². The minimum Gasteiger partial charge on any atom is -0.355 e. The summed E-state index contributed by atoms with van der Waals surface area (Å²) in [5, 5.41) is 3.89. The summed E-state index contributed by atoms with van der Waals surface area (Å²) in [5.41, 5.74) is 2.06. The molecule has 2 heterocycles. The molecule has 1 fully saturated rings. The molecule has 6 heteroatoms. The van der Waals surface area contributed by atoms with Crippen molar-refractivity contribution in [2.75, 3.05) is 19.6 Å². The van der Waals surface area contributed by atoms with E-state index in [9.17, 15) is 14.0 Å². The monoisotopic (exact) mass is 393 g/mol. The van der Waals surface area contributed by atoms with Crippen molar-refractivity contribution >= 4 is 22.7 Å². The van der Waals surface area contributed by atoms with Gasteiger partial charge in [-0.2, -0.15) is 0 Å². The average Bonchev–Trinajstić information content (AvgIpc) is 3.19. The highest BCUT2D eigenvalue weighted by atomic mass is 19.1. The third-order valence-electron chi connectivity index (χ3n) is 5.49. The van der Waals surface area contributed by atoms with Crippen molar-refractivity contribution in [2.24, 2.45) is 5.92 Å². The molecule has 5 nitrogen and oxygen atoms in total. The maximum Gasteiger partial charge on any atom is 0.270 e. The van der Waals surface area contributed by atoms with E-state index in [4.69, 9.17) is 0 Å². The molecule has 2 N–H and O–H groups in total. The van der Waals surface area contributed by atoms with Crippen LogP contribution in [0.2, 0.25) is 0 Å². The summed E-state index contributed by atoms with van der Waals surface area (Å²) in [6, 6.07) is 16.2. The van der Waals surface area contributed by atoms with Gasteiger partial charge in [0.05, 0.1) is 5.92 Å². The fourth-order valence-corrected chi connectivity index (χ4v) is 3.90. The van der Waals surface area contributed by atoms with E-state index in [1.54, 1.807) is 23.1 Å². The highest BCUT2D eigenvalue weighted by Gasteiger charge is 2.29. The van der Waals surface area contributed by atoms with Gasteiger partial charge in [-0.15, -0.1) is 0 Å². The third kappa shape index (κ3) is 4.31. The average molecular weight is 393 g/mol. The topological polar surface area (TPSA) is 65.2 Å². The lowest BCUT2D eigenvalue weighted by molar-refractivity contribution is -0.126. The molecule has 0 saturated carbocycles. The van der Waals surface area contributed by atoms with Gasteiger partial charge in [0.2, 0.25) is 5.91 Å². The smallest absolute Gasteiger partial charge is 0.270 e. The van der Waals surface area contributed by atoms with Gasteiger partial charge in [0.1, 0.15) is 11.5 Å². The number of aromatic amines is 1. The van der Waals surface area contributed by atoms with Crippen LogP contribution in [0, 0.1) is 11.7 Å². The Kier molecular flexibility index (Phi) is 5.60. The van der Waals surface area contributed by atoms with Crippen molar-refractivity contribution < 1.29 is 14.0 Å². The molecular weight excluding hydrogens is 369 g/mol. The van der Waals surface area contributed by atoms with Crippen molar-refractivity contribution in [1.82, 2.24) is 15.2 Å². The first kappa shape index (κ1) is 19.2. The fourth-order valence-electron chi connectivity index (χ4n) is 3.90. The van der Waals surface area contributed by atoms with E-state index < -0.39 is 0 Å². The van der Waals surface area contributed by atoms with Gasteiger partial charge >= 0.3 is 0 Å². The van der Waals surface area contributed by atoms with Gasteiger partial charge in [-0.3, -0.25) is 9.59 Å². The molecule has 1 aliphatic rings. The predicted molar refractivity (Wildman–Crippen MR) is 110 cm³/mol. The van der Waals surface area contributed by atoms with Gasteiger partial charge in [0.15, 0.2) is 0 Å². The maximum absolute atomic E-state index is 13.7. The zero-order valence-corrected chi connectivity index (χ0v) is 16.2. The van der Waals surface area contributed by atoms with Gasteiger partial charge in [0, 0.05) is 30.5 Å². The highest BCUT2D eigenvalue weighted by molar-refractivity contribution is 5.98. The molecule has 0 radical (unpaired) electrons. The Morgan fingerprint density at radius 3 is 2.76 bits per heavy atom. The molecule has 1 aromatic heterocycles. The van der Waals surface area contributed by atoms with Crippen LogP contribution in [-0.4, -0.2) is 41.3 Å². The van der Waals surface area contributed by atoms with E-state index in [2.05, 4.69) is 10.3 Å². The molecule has 1 saturated heterocycles. The van der Waals surface area contributed by atoms with E-state index in [1.165, 1.54) is 6.07 Å². The summed E-state index contributed by atoms with van der Waals surface area (Å²) in [6.45, 7) is 1.43. The number of H-pyrrole nitrogens is 1. The lowest BCUT2D eigenvalue weighted by Crippen LogP contribution is -2.45. The van der Waals surface area contributed by atoms with Crippen LogP contribution in [-0.2, 0) is 11.2 Å². The number of carbonyl (C=O) groups excluding carboxylic acids is 2. The first-order valence-electron chi connectivity index (χ1n) is 10.00. The minimum atomic E-state index is -0.255. The number of likely N-dealkylation sites (tertiary alicyclic amines) is 1. The number of hydrogen-bond acceptors (Lipinski definition) is 2. The van der Waals surface area contributed by atoms with Crippen molar-refractivity contribution in [3.8, 4) is 0 Å². The van der Waals surface area contributed by atoms with Crippen molar-refractivity contribution in [2.45, 2.75) is 19.3 Å². The van der Waals surface area contributed by atoms with Gasteiger partial charge in [-0.1, -0.05) is 36.4 Å². The molecular formula is C23H24FN3O2. The van der Waals surface area contributed by atoms with E-state index >= 15 is 0 Å². The number of carbonyl (C=O) groups is 2. The highest BCUT2D eigenvalue weighted by Crippen LogP contribution is 2.21. The second kappa shape index (κ2) is 8.47. The third-order valence-corrected chi connectivity index (χ3v) is 5.49.